The van der Waals surface area contributed by atoms with Crippen LogP contribution in [0.1, 0.15) is 23.6 Å². The van der Waals surface area contributed by atoms with Crippen molar-refractivity contribution in [2.75, 3.05) is 13.4 Å². The van der Waals surface area contributed by atoms with Gasteiger partial charge in [-0.2, -0.15) is 5.10 Å². The molecule has 1 heterocycles. The summed E-state index contributed by atoms with van der Waals surface area (Å²) in [5.41, 5.74) is 4.76. The Morgan fingerprint density at radius 1 is 1.11 bits per heavy atom. The van der Waals surface area contributed by atoms with Gasteiger partial charge in [-0.25, -0.2) is 5.43 Å². The van der Waals surface area contributed by atoms with E-state index in [1.165, 1.54) is 18.3 Å². The van der Waals surface area contributed by atoms with Crippen molar-refractivity contribution in [2.45, 2.75) is 20.0 Å². The number of benzene rings is 3. The highest BCUT2D eigenvalue weighted by Crippen LogP contribution is 2.37. The van der Waals surface area contributed by atoms with E-state index in [4.69, 9.17) is 18.9 Å². The number of rotatable bonds is 10. The lowest BCUT2D eigenvalue weighted by Crippen LogP contribution is -2.19. The zero-order valence-electron chi connectivity index (χ0n) is 19.2. The maximum atomic E-state index is 12.3. The molecule has 0 aromatic heterocycles. The van der Waals surface area contributed by atoms with Crippen LogP contribution in [0.15, 0.2) is 64.2 Å². The topological polar surface area (TPSA) is 122 Å². The molecule has 1 aliphatic heterocycles. The molecule has 4 rings (SSSR count). The number of nitrogens with one attached hydrogen (secondary N) is 1. The van der Waals surface area contributed by atoms with Gasteiger partial charge in [0.2, 0.25) is 12.7 Å². The van der Waals surface area contributed by atoms with E-state index >= 15 is 0 Å². The second kappa shape index (κ2) is 11.5. The van der Waals surface area contributed by atoms with Crippen LogP contribution in [0.25, 0.3) is 0 Å². The van der Waals surface area contributed by atoms with Crippen molar-refractivity contribution in [1.29, 1.82) is 0 Å². The zero-order valence-corrected chi connectivity index (χ0v) is 20.8. The smallest absolute Gasteiger partial charge is 0.269 e. The third-order valence-electron chi connectivity index (χ3n) is 5.07. The minimum atomic E-state index is -0.450. The van der Waals surface area contributed by atoms with Crippen molar-refractivity contribution in [3.05, 3.63) is 85.9 Å². The number of hydrogen-bond donors (Lipinski definition) is 1. The number of nitrogens with zero attached hydrogens (tertiary/aromatic N) is 2. The summed E-state index contributed by atoms with van der Waals surface area (Å²) in [4.78, 5) is 22.7. The van der Waals surface area contributed by atoms with Gasteiger partial charge in [0.1, 0.15) is 6.61 Å². The Balaban J connectivity index is 1.38. The van der Waals surface area contributed by atoms with Crippen LogP contribution in [0.3, 0.4) is 0 Å². The van der Waals surface area contributed by atoms with E-state index in [1.54, 1.807) is 42.5 Å². The highest BCUT2D eigenvalue weighted by atomic mass is 79.9. The molecule has 0 atom stereocenters. The van der Waals surface area contributed by atoms with Crippen molar-refractivity contribution in [2.24, 2.45) is 5.10 Å². The van der Waals surface area contributed by atoms with E-state index in [2.05, 4.69) is 26.5 Å². The molecule has 1 N–H and O–H groups in total. The number of carbonyl (C=O) groups is 1. The molecule has 0 radical (unpaired) electrons. The van der Waals surface area contributed by atoms with Gasteiger partial charge >= 0.3 is 0 Å². The minimum Gasteiger partial charge on any atom is -0.490 e. The van der Waals surface area contributed by atoms with Gasteiger partial charge in [0.25, 0.3) is 5.69 Å². The first-order valence-electron chi connectivity index (χ1n) is 11.0. The van der Waals surface area contributed by atoms with Crippen molar-refractivity contribution in [1.82, 2.24) is 5.43 Å². The lowest BCUT2D eigenvalue weighted by Gasteiger charge is -2.14. The molecule has 36 heavy (non-hydrogen) atoms. The van der Waals surface area contributed by atoms with Gasteiger partial charge in [0.05, 0.1) is 28.6 Å². The van der Waals surface area contributed by atoms with Crippen molar-refractivity contribution in [3.8, 4) is 23.0 Å². The third kappa shape index (κ3) is 6.30. The average molecular weight is 556 g/mol. The number of amides is 1. The molecule has 1 amide bonds. The number of halogens is 1. The van der Waals surface area contributed by atoms with E-state index in [1.807, 2.05) is 6.92 Å². The summed E-state index contributed by atoms with van der Waals surface area (Å²) in [6.07, 6.45) is 1.64. The van der Waals surface area contributed by atoms with Crippen molar-refractivity contribution >= 4 is 33.7 Å². The molecule has 0 aliphatic carbocycles. The number of nitro benzene ring substituents is 1. The van der Waals surface area contributed by atoms with Crippen LogP contribution >= 0.6 is 15.9 Å². The molecular formula is C25H22BrN3O7. The Morgan fingerprint density at radius 2 is 1.86 bits per heavy atom. The molecule has 0 bridgehead atoms. The molecule has 0 saturated carbocycles. The average Bonchev–Trinajstić information content (AvgIpc) is 3.32. The van der Waals surface area contributed by atoms with Gasteiger partial charge in [-0.05, 0) is 75.9 Å². The monoisotopic (exact) mass is 555 g/mol. The van der Waals surface area contributed by atoms with Crippen LogP contribution in [0.4, 0.5) is 5.69 Å². The summed E-state index contributed by atoms with van der Waals surface area (Å²) in [5, 5.41) is 14.9. The van der Waals surface area contributed by atoms with Crippen LogP contribution in [0, 0.1) is 10.1 Å². The molecule has 186 valence electrons. The molecular weight excluding hydrogens is 534 g/mol. The number of non-ortho nitro benzene ring substituents is 1. The van der Waals surface area contributed by atoms with Gasteiger partial charge in [-0.1, -0.05) is 6.07 Å². The molecule has 0 fully saturated rings. The SMILES string of the molecule is CCOc1cc(/C=N\NC(=O)Cc2ccc3c(c2)OCO3)cc(Br)c1OCc1ccc([N+](=O)[O-])cc1. The van der Waals surface area contributed by atoms with Crippen LogP contribution in [0.2, 0.25) is 0 Å². The predicted molar refractivity (Wildman–Crippen MR) is 135 cm³/mol. The Labute approximate surface area is 215 Å². The minimum absolute atomic E-state index is 0.0153. The van der Waals surface area contributed by atoms with Crippen LogP contribution in [-0.4, -0.2) is 30.4 Å². The van der Waals surface area contributed by atoms with E-state index < -0.39 is 4.92 Å². The van der Waals surface area contributed by atoms with Crippen LogP contribution < -0.4 is 24.4 Å². The molecule has 10 nitrogen and oxygen atoms in total. The van der Waals surface area contributed by atoms with Gasteiger partial charge in [-0.3, -0.25) is 14.9 Å². The summed E-state index contributed by atoms with van der Waals surface area (Å²) in [6.45, 7) is 2.63. The lowest BCUT2D eigenvalue weighted by molar-refractivity contribution is -0.384. The van der Waals surface area contributed by atoms with E-state index in [9.17, 15) is 14.9 Å². The first-order chi connectivity index (χ1) is 17.4. The summed E-state index contributed by atoms with van der Waals surface area (Å²) in [5.74, 6) is 1.97. The van der Waals surface area contributed by atoms with E-state index in [-0.39, 0.29) is 31.4 Å². The first kappa shape index (κ1) is 25.0. The number of nitro groups is 1. The Morgan fingerprint density at radius 3 is 2.61 bits per heavy atom. The Kier molecular flexibility index (Phi) is 8.01. The fourth-order valence-electron chi connectivity index (χ4n) is 3.39. The lowest BCUT2D eigenvalue weighted by atomic mass is 10.1. The van der Waals surface area contributed by atoms with Crippen molar-refractivity contribution < 1.29 is 28.7 Å². The summed E-state index contributed by atoms with van der Waals surface area (Å²) in [6, 6.07) is 15.0. The van der Waals surface area contributed by atoms with Crippen LogP contribution in [-0.2, 0) is 17.8 Å². The summed E-state index contributed by atoms with van der Waals surface area (Å²) in [7, 11) is 0. The van der Waals surface area contributed by atoms with Gasteiger partial charge in [-0.15, -0.1) is 0 Å². The maximum absolute atomic E-state index is 12.3. The van der Waals surface area contributed by atoms with Gasteiger partial charge in [0, 0.05) is 12.1 Å². The maximum Gasteiger partial charge on any atom is 0.269 e. The number of fused-ring (bicyclic) bond motifs is 1. The van der Waals surface area contributed by atoms with Gasteiger partial charge < -0.3 is 18.9 Å². The molecule has 11 heteroatoms. The second-order valence-electron chi connectivity index (χ2n) is 7.63. The van der Waals surface area contributed by atoms with E-state index in [0.29, 0.717) is 39.6 Å². The summed E-state index contributed by atoms with van der Waals surface area (Å²) >= 11 is 3.50. The fraction of sp³-hybridized carbons (Fsp3) is 0.200. The van der Waals surface area contributed by atoms with E-state index in [0.717, 1.165) is 11.1 Å². The summed E-state index contributed by atoms with van der Waals surface area (Å²) < 4.78 is 22.9. The normalized spacial score (nSPS) is 11.9. The highest BCUT2D eigenvalue weighted by Gasteiger charge is 2.15. The first-order valence-corrected chi connectivity index (χ1v) is 11.7. The molecule has 3 aromatic carbocycles. The largest absolute Gasteiger partial charge is 0.490 e. The number of ether oxygens (including phenoxy) is 4. The Hall–Kier alpha value is -4.12. The third-order valence-corrected chi connectivity index (χ3v) is 5.66. The molecule has 3 aromatic rings. The second-order valence-corrected chi connectivity index (χ2v) is 8.49. The van der Waals surface area contributed by atoms with Crippen LogP contribution in [0.5, 0.6) is 23.0 Å². The standard InChI is InChI=1S/C25H22BrN3O7/c1-2-33-23-11-18(9-20(26)25(23)34-14-16-3-6-19(7-4-16)29(31)32)13-27-28-24(30)12-17-5-8-21-22(10-17)36-15-35-21/h3-11,13H,2,12,14-15H2,1H3,(H,28,30)/b27-13-. The molecule has 0 spiro atoms. The molecule has 1 aliphatic rings. The zero-order chi connectivity index (χ0) is 25.5. The molecule has 0 unspecified atom stereocenters. The predicted octanol–water partition coefficient (Wildman–Crippen LogP) is 4.76. The number of carbonyl (C=O) groups excluding carboxylic acids is 1. The number of hydrazone groups is 1. The molecule has 0 saturated heterocycles. The highest BCUT2D eigenvalue weighted by molar-refractivity contribution is 9.10. The van der Waals surface area contributed by atoms with Gasteiger partial charge in [0.15, 0.2) is 23.0 Å². The fourth-order valence-corrected chi connectivity index (χ4v) is 3.96. The van der Waals surface area contributed by atoms with Crippen molar-refractivity contribution in [3.63, 3.8) is 0 Å². The quantitative estimate of drug-likeness (QED) is 0.217. The number of hydrogen-bond acceptors (Lipinski definition) is 8. The Bertz CT molecular complexity index is 1300.